The summed E-state index contributed by atoms with van der Waals surface area (Å²) in [4.78, 5) is 16.9. The van der Waals surface area contributed by atoms with Gasteiger partial charge in [0, 0.05) is 31.7 Å². The van der Waals surface area contributed by atoms with Crippen molar-refractivity contribution in [2.24, 2.45) is 11.7 Å². The average Bonchev–Trinajstić information content (AvgIpc) is 2.43. The van der Waals surface area contributed by atoms with E-state index < -0.39 is 0 Å². The molecule has 0 saturated carbocycles. The number of carbonyl (C=O) groups is 1. The van der Waals surface area contributed by atoms with E-state index in [2.05, 4.69) is 23.6 Å². The molecule has 2 heterocycles. The molecular formula is C15H29N3O. The van der Waals surface area contributed by atoms with Crippen molar-refractivity contribution in [1.29, 1.82) is 0 Å². The Kier molecular flexibility index (Phi) is 5.22. The molecule has 0 radical (unpaired) electrons. The van der Waals surface area contributed by atoms with Gasteiger partial charge in [0.25, 0.3) is 0 Å². The lowest BCUT2D eigenvalue weighted by Crippen LogP contribution is -2.52. The molecule has 19 heavy (non-hydrogen) atoms. The number of carbonyl (C=O) groups excluding carboxylic acids is 1. The Morgan fingerprint density at radius 3 is 2.74 bits per heavy atom. The molecule has 110 valence electrons. The number of amides is 1. The van der Waals surface area contributed by atoms with Gasteiger partial charge in [-0.15, -0.1) is 0 Å². The molecule has 2 rings (SSSR count). The van der Waals surface area contributed by atoms with Crippen LogP contribution in [0, 0.1) is 5.92 Å². The number of rotatable bonds is 3. The van der Waals surface area contributed by atoms with Crippen LogP contribution < -0.4 is 5.73 Å². The van der Waals surface area contributed by atoms with Crippen molar-refractivity contribution in [3.05, 3.63) is 0 Å². The summed E-state index contributed by atoms with van der Waals surface area (Å²) in [6.45, 7) is 7.88. The topological polar surface area (TPSA) is 49.6 Å². The van der Waals surface area contributed by atoms with Gasteiger partial charge in [-0.1, -0.05) is 13.8 Å². The minimum atomic E-state index is 0.310. The van der Waals surface area contributed by atoms with Gasteiger partial charge in [0.05, 0.1) is 6.54 Å². The molecule has 4 nitrogen and oxygen atoms in total. The maximum absolute atomic E-state index is 12.5. The minimum Gasteiger partial charge on any atom is -0.339 e. The van der Waals surface area contributed by atoms with Crippen LogP contribution in [0.3, 0.4) is 0 Å². The van der Waals surface area contributed by atoms with E-state index >= 15 is 0 Å². The zero-order valence-electron chi connectivity index (χ0n) is 12.5. The van der Waals surface area contributed by atoms with Crippen molar-refractivity contribution in [2.45, 2.75) is 58.0 Å². The summed E-state index contributed by atoms with van der Waals surface area (Å²) in [6, 6.07) is 0.787. The summed E-state index contributed by atoms with van der Waals surface area (Å²) in [5.74, 6) is 0.832. The molecule has 2 saturated heterocycles. The summed E-state index contributed by atoms with van der Waals surface area (Å²) in [6.07, 6.45) is 5.74. The fourth-order valence-corrected chi connectivity index (χ4v) is 3.43. The van der Waals surface area contributed by atoms with Crippen molar-refractivity contribution in [1.82, 2.24) is 9.80 Å². The quantitative estimate of drug-likeness (QED) is 0.842. The second-order valence-electron chi connectivity index (χ2n) is 6.31. The molecule has 0 aromatic heterocycles. The standard InChI is InChI=1S/C15H29N3O/c1-3-13-6-4-5-8-18(13)15(19)11-17-9-7-14(16)12(2)10-17/h12-14H,3-11,16H2,1-2H3. The van der Waals surface area contributed by atoms with Crippen LogP contribution in [-0.2, 0) is 4.79 Å². The highest BCUT2D eigenvalue weighted by molar-refractivity contribution is 5.78. The first-order valence-corrected chi connectivity index (χ1v) is 7.89. The third-order valence-corrected chi connectivity index (χ3v) is 4.83. The summed E-state index contributed by atoms with van der Waals surface area (Å²) >= 11 is 0. The van der Waals surface area contributed by atoms with Crippen molar-refractivity contribution >= 4 is 5.91 Å². The first kappa shape index (κ1) is 14.8. The Labute approximate surface area is 117 Å². The molecule has 4 heteroatoms. The van der Waals surface area contributed by atoms with Gasteiger partial charge in [-0.2, -0.15) is 0 Å². The van der Waals surface area contributed by atoms with Crippen molar-refractivity contribution in [2.75, 3.05) is 26.2 Å². The van der Waals surface area contributed by atoms with Crippen LogP contribution in [0.2, 0.25) is 0 Å². The van der Waals surface area contributed by atoms with E-state index in [-0.39, 0.29) is 0 Å². The normalized spacial score (nSPS) is 33.4. The molecule has 2 aliphatic rings. The van der Waals surface area contributed by atoms with E-state index in [0.717, 1.165) is 32.5 Å². The summed E-state index contributed by atoms with van der Waals surface area (Å²) < 4.78 is 0. The highest BCUT2D eigenvalue weighted by Crippen LogP contribution is 2.21. The van der Waals surface area contributed by atoms with Gasteiger partial charge >= 0.3 is 0 Å². The van der Waals surface area contributed by atoms with Crippen LogP contribution in [-0.4, -0.2) is 54.0 Å². The third kappa shape index (κ3) is 3.69. The SMILES string of the molecule is CCC1CCCCN1C(=O)CN1CCC(N)C(C)C1. The molecule has 0 aliphatic carbocycles. The van der Waals surface area contributed by atoms with Crippen LogP contribution in [0.1, 0.15) is 46.0 Å². The molecular weight excluding hydrogens is 238 g/mol. The zero-order chi connectivity index (χ0) is 13.8. The van der Waals surface area contributed by atoms with Crippen LogP contribution in [0.15, 0.2) is 0 Å². The highest BCUT2D eigenvalue weighted by atomic mass is 16.2. The predicted octanol–water partition coefficient (Wildman–Crippen LogP) is 1.45. The monoisotopic (exact) mass is 267 g/mol. The second kappa shape index (κ2) is 6.71. The molecule has 2 aliphatic heterocycles. The van der Waals surface area contributed by atoms with E-state index in [9.17, 15) is 4.79 Å². The first-order valence-electron chi connectivity index (χ1n) is 7.89. The fourth-order valence-electron chi connectivity index (χ4n) is 3.43. The smallest absolute Gasteiger partial charge is 0.236 e. The molecule has 1 amide bonds. The highest BCUT2D eigenvalue weighted by Gasteiger charge is 2.29. The lowest BCUT2D eigenvalue weighted by Gasteiger charge is -2.39. The second-order valence-corrected chi connectivity index (χ2v) is 6.31. The fraction of sp³-hybridized carbons (Fsp3) is 0.933. The van der Waals surface area contributed by atoms with Crippen molar-refractivity contribution < 1.29 is 4.79 Å². The largest absolute Gasteiger partial charge is 0.339 e. The maximum atomic E-state index is 12.5. The number of nitrogens with two attached hydrogens (primary N) is 1. The predicted molar refractivity (Wildman–Crippen MR) is 77.8 cm³/mol. The van der Waals surface area contributed by atoms with E-state index in [1.165, 1.54) is 19.3 Å². The van der Waals surface area contributed by atoms with Gasteiger partial charge in [-0.3, -0.25) is 9.69 Å². The molecule has 3 atom stereocenters. The number of hydrogen-bond donors (Lipinski definition) is 1. The average molecular weight is 267 g/mol. The molecule has 2 N–H and O–H groups in total. The number of likely N-dealkylation sites (tertiary alicyclic amines) is 2. The molecule has 0 aromatic carbocycles. The Morgan fingerprint density at radius 1 is 1.26 bits per heavy atom. The van der Waals surface area contributed by atoms with Gasteiger partial charge in [0.2, 0.25) is 5.91 Å². The van der Waals surface area contributed by atoms with E-state index in [1.54, 1.807) is 0 Å². The van der Waals surface area contributed by atoms with E-state index in [1.807, 2.05) is 0 Å². The minimum absolute atomic E-state index is 0.310. The summed E-state index contributed by atoms with van der Waals surface area (Å²) in [7, 11) is 0. The zero-order valence-corrected chi connectivity index (χ0v) is 12.5. The molecule has 0 spiro atoms. The Morgan fingerprint density at radius 2 is 2.05 bits per heavy atom. The van der Waals surface area contributed by atoms with Crippen LogP contribution in [0.5, 0.6) is 0 Å². The molecule has 0 bridgehead atoms. The van der Waals surface area contributed by atoms with Crippen molar-refractivity contribution in [3.63, 3.8) is 0 Å². The third-order valence-electron chi connectivity index (χ3n) is 4.83. The summed E-state index contributed by atoms with van der Waals surface area (Å²) in [5, 5.41) is 0. The van der Waals surface area contributed by atoms with Gasteiger partial charge in [-0.25, -0.2) is 0 Å². The van der Waals surface area contributed by atoms with Crippen molar-refractivity contribution in [3.8, 4) is 0 Å². The number of piperidine rings is 2. The van der Waals surface area contributed by atoms with E-state index in [4.69, 9.17) is 5.73 Å². The van der Waals surface area contributed by atoms with Gasteiger partial charge in [0.1, 0.15) is 0 Å². The Hall–Kier alpha value is -0.610. The van der Waals surface area contributed by atoms with Crippen LogP contribution >= 0.6 is 0 Å². The maximum Gasteiger partial charge on any atom is 0.236 e. The lowest BCUT2D eigenvalue weighted by molar-refractivity contribution is -0.136. The molecule has 0 aromatic rings. The Bertz CT molecular complexity index is 308. The first-order chi connectivity index (χ1) is 9.11. The van der Waals surface area contributed by atoms with Crippen LogP contribution in [0.25, 0.3) is 0 Å². The summed E-state index contributed by atoms with van der Waals surface area (Å²) in [5.41, 5.74) is 6.04. The number of hydrogen-bond acceptors (Lipinski definition) is 3. The Balaban J connectivity index is 1.86. The molecule has 2 fully saturated rings. The lowest BCUT2D eigenvalue weighted by atomic mass is 9.94. The van der Waals surface area contributed by atoms with Gasteiger partial charge in [0.15, 0.2) is 0 Å². The van der Waals surface area contributed by atoms with Crippen LogP contribution in [0.4, 0.5) is 0 Å². The van der Waals surface area contributed by atoms with Gasteiger partial charge in [-0.05, 0) is 38.0 Å². The number of nitrogens with zero attached hydrogens (tertiary/aromatic N) is 2. The molecule has 3 unspecified atom stereocenters. The van der Waals surface area contributed by atoms with Gasteiger partial charge < -0.3 is 10.6 Å². The van der Waals surface area contributed by atoms with E-state index in [0.29, 0.717) is 30.5 Å².